The lowest BCUT2D eigenvalue weighted by molar-refractivity contribution is 0.495. The molecule has 0 bridgehead atoms. The molecule has 0 N–H and O–H groups in total. The van der Waals surface area contributed by atoms with Gasteiger partial charge in [0.15, 0.2) is 0 Å². The van der Waals surface area contributed by atoms with E-state index in [-0.39, 0.29) is 5.56 Å². The van der Waals surface area contributed by atoms with Crippen LogP contribution in [0.1, 0.15) is 65.1 Å². The summed E-state index contributed by atoms with van der Waals surface area (Å²) in [6, 6.07) is 6.75. The summed E-state index contributed by atoms with van der Waals surface area (Å²) in [5.41, 5.74) is 10.3. The normalized spacial score (nSPS) is 13.0. The molecule has 3 rings (SSSR count). The molecule has 0 aliphatic rings. The summed E-state index contributed by atoms with van der Waals surface area (Å²) in [5.74, 6) is 5.69. The lowest BCUT2D eigenvalue weighted by Crippen LogP contribution is -2.43. The maximum atomic E-state index is 14.9. The summed E-state index contributed by atoms with van der Waals surface area (Å²) in [7, 11) is -3.55. The molecule has 0 fully saturated rings. The fourth-order valence-electron chi connectivity index (χ4n) is 5.47. The first-order chi connectivity index (χ1) is 17.7. The van der Waals surface area contributed by atoms with E-state index in [1.165, 1.54) is 6.07 Å². The Kier molecular flexibility index (Phi) is 9.35. The van der Waals surface area contributed by atoms with Crippen molar-refractivity contribution in [2.45, 2.75) is 90.3 Å². The van der Waals surface area contributed by atoms with E-state index in [2.05, 4.69) is 84.1 Å². The number of benzene rings is 2. The average Bonchev–Trinajstić information content (AvgIpc) is 3.22. The standard InChI is InChI=1S/C31H39ClF2N2Si2/c1-21(2)38(22(3)4,23(5)6)16-14-24-17-28(32)27-20-36(35-30(27)18-24)31(11-10-15-37(7,8)9)26-19-25(33)12-13-29(26)34/h12-13,17-23,31H,11H2,1-9H3. The van der Waals surface area contributed by atoms with Crippen LogP contribution in [0, 0.1) is 34.6 Å². The van der Waals surface area contributed by atoms with Crippen LogP contribution < -0.4 is 0 Å². The second-order valence-electron chi connectivity index (χ2n) is 12.1. The zero-order valence-electron chi connectivity index (χ0n) is 24.0. The molecule has 0 spiro atoms. The van der Waals surface area contributed by atoms with Crippen molar-refractivity contribution < 1.29 is 8.78 Å². The molecule has 2 aromatic carbocycles. The molecule has 2 nitrogen and oxygen atoms in total. The summed E-state index contributed by atoms with van der Waals surface area (Å²) in [6.45, 7) is 20.2. The Bertz CT molecular complexity index is 1410. The molecule has 0 radical (unpaired) electrons. The van der Waals surface area contributed by atoms with Crippen LogP contribution in [0.3, 0.4) is 0 Å². The quantitative estimate of drug-likeness (QED) is 0.214. The number of nitrogens with zero attached hydrogens (tertiary/aromatic N) is 2. The van der Waals surface area contributed by atoms with Gasteiger partial charge < -0.3 is 0 Å². The van der Waals surface area contributed by atoms with E-state index < -0.39 is 33.8 Å². The van der Waals surface area contributed by atoms with E-state index in [0.29, 0.717) is 33.6 Å². The average molecular weight is 569 g/mol. The highest BCUT2D eigenvalue weighted by Gasteiger charge is 2.41. The van der Waals surface area contributed by atoms with Crippen molar-refractivity contribution in [2.24, 2.45) is 0 Å². The van der Waals surface area contributed by atoms with Crippen LogP contribution in [-0.4, -0.2) is 25.9 Å². The van der Waals surface area contributed by atoms with Crippen molar-refractivity contribution >= 4 is 38.7 Å². The molecule has 0 aliphatic carbocycles. The molecule has 202 valence electrons. The molecule has 1 atom stereocenters. The second-order valence-corrected chi connectivity index (χ2v) is 22.8. The molecule has 0 aliphatic heterocycles. The van der Waals surface area contributed by atoms with Gasteiger partial charge in [0, 0.05) is 29.1 Å². The van der Waals surface area contributed by atoms with Gasteiger partial charge in [0.2, 0.25) is 0 Å². The van der Waals surface area contributed by atoms with Crippen LogP contribution in [-0.2, 0) is 0 Å². The van der Waals surface area contributed by atoms with E-state index in [4.69, 9.17) is 16.7 Å². The van der Waals surface area contributed by atoms with Gasteiger partial charge in [-0.05, 0) is 47.0 Å². The van der Waals surface area contributed by atoms with Gasteiger partial charge in [0.1, 0.15) is 27.8 Å². The smallest absolute Gasteiger partial charge is 0.146 e. The number of hydrogen-bond acceptors (Lipinski definition) is 1. The molecular weight excluding hydrogens is 530 g/mol. The third-order valence-electron chi connectivity index (χ3n) is 7.28. The van der Waals surface area contributed by atoms with Crippen molar-refractivity contribution in [3.8, 4) is 22.9 Å². The Hall–Kier alpha value is -2.39. The van der Waals surface area contributed by atoms with E-state index in [1.807, 2.05) is 12.1 Å². The lowest BCUT2D eigenvalue weighted by atomic mass is 10.0. The zero-order valence-corrected chi connectivity index (χ0v) is 26.8. The minimum absolute atomic E-state index is 0.223. The van der Waals surface area contributed by atoms with E-state index in [1.54, 1.807) is 10.9 Å². The molecule has 1 aromatic heterocycles. The molecule has 1 unspecified atom stereocenters. The number of fused-ring (bicyclic) bond motifs is 1. The first-order valence-corrected chi connectivity index (χ1v) is 19.4. The van der Waals surface area contributed by atoms with Crippen LogP contribution in [0.5, 0.6) is 0 Å². The highest BCUT2D eigenvalue weighted by Crippen LogP contribution is 2.41. The fourth-order valence-corrected chi connectivity index (χ4v) is 11.6. The molecule has 7 heteroatoms. The summed E-state index contributed by atoms with van der Waals surface area (Å²) < 4.78 is 30.7. The number of hydrogen-bond donors (Lipinski definition) is 0. The molecule has 0 saturated heterocycles. The Morgan fingerprint density at radius 3 is 2.13 bits per heavy atom. The van der Waals surface area contributed by atoms with Crippen LogP contribution >= 0.6 is 11.6 Å². The van der Waals surface area contributed by atoms with Crippen molar-refractivity contribution in [1.29, 1.82) is 0 Å². The first-order valence-electron chi connectivity index (χ1n) is 13.3. The minimum Gasteiger partial charge on any atom is -0.263 e. The number of aromatic nitrogens is 2. The maximum Gasteiger partial charge on any atom is 0.146 e. The number of halogens is 3. The molecule has 0 saturated carbocycles. The van der Waals surface area contributed by atoms with Gasteiger partial charge in [0.25, 0.3) is 0 Å². The monoisotopic (exact) mass is 568 g/mol. The maximum absolute atomic E-state index is 14.9. The molecule has 38 heavy (non-hydrogen) atoms. The largest absolute Gasteiger partial charge is 0.263 e. The molecule has 0 amide bonds. The summed E-state index contributed by atoms with van der Waals surface area (Å²) in [5, 5.41) is 6.06. The summed E-state index contributed by atoms with van der Waals surface area (Å²) >= 11 is 6.72. The van der Waals surface area contributed by atoms with E-state index in [9.17, 15) is 8.78 Å². The van der Waals surface area contributed by atoms with Crippen molar-refractivity contribution in [1.82, 2.24) is 9.78 Å². The predicted octanol–water partition coefficient (Wildman–Crippen LogP) is 9.40. The third-order valence-corrected chi connectivity index (χ3v) is 14.8. The van der Waals surface area contributed by atoms with Gasteiger partial charge in [-0.3, -0.25) is 4.68 Å². The topological polar surface area (TPSA) is 17.8 Å². The van der Waals surface area contributed by atoms with Crippen LogP contribution in [0.4, 0.5) is 8.78 Å². The highest BCUT2D eigenvalue weighted by atomic mass is 35.5. The fraction of sp³-hybridized carbons (Fsp3) is 0.452. The van der Waals surface area contributed by atoms with Crippen LogP contribution in [0.2, 0.25) is 41.3 Å². The summed E-state index contributed by atoms with van der Waals surface area (Å²) in [4.78, 5) is 0. The van der Waals surface area contributed by atoms with Crippen molar-refractivity contribution in [3.63, 3.8) is 0 Å². The lowest BCUT2D eigenvalue weighted by Gasteiger charge is -2.38. The molecular formula is C31H39ClF2N2Si2. The van der Waals surface area contributed by atoms with Crippen molar-refractivity contribution in [3.05, 3.63) is 64.3 Å². The van der Waals surface area contributed by atoms with Crippen molar-refractivity contribution in [2.75, 3.05) is 0 Å². The first kappa shape index (κ1) is 30.2. The van der Waals surface area contributed by atoms with Crippen LogP contribution in [0.15, 0.2) is 36.5 Å². The highest BCUT2D eigenvalue weighted by molar-refractivity contribution is 6.90. The van der Waals surface area contributed by atoms with Gasteiger partial charge in [-0.1, -0.05) is 78.7 Å². The Morgan fingerprint density at radius 1 is 0.921 bits per heavy atom. The van der Waals surface area contributed by atoms with E-state index in [0.717, 1.165) is 23.1 Å². The minimum atomic E-state index is -1.91. The van der Waals surface area contributed by atoms with Gasteiger partial charge in [-0.2, -0.15) is 5.10 Å². The Morgan fingerprint density at radius 2 is 1.55 bits per heavy atom. The van der Waals surface area contributed by atoms with Gasteiger partial charge >= 0.3 is 0 Å². The molecule has 3 aromatic rings. The van der Waals surface area contributed by atoms with Gasteiger partial charge in [-0.25, -0.2) is 8.78 Å². The Balaban J connectivity index is 2.13. The SMILES string of the molecule is CC(C)[Si](C#Cc1cc(Cl)c2cn(C(CC#C[Si](C)(C)C)c3cc(F)ccc3F)nc2c1)(C(C)C)C(C)C. The summed E-state index contributed by atoms with van der Waals surface area (Å²) in [6.07, 6.45) is 2.11. The predicted molar refractivity (Wildman–Crippen MR) is 163 cm³/mol. The van der Waals surface area contributed by atoms with Gasteiger partial charge in [-0.15, -0.1) is 17.0 Å². The zero-order chi connectivity index (χ0) is 28.4. The Labute approximate surface area is 234 Å². The number of rotatable bonds is 6. The third kappa shape index (κ3) is 6.60. The van der Waals surface area contributed by atoms with Gasteiger partial charge in [0.05, 0.1) is 16.6 Å². The second kappa shape index (κ2) is 11.8. The molecule has 1 heterocycles. The van der Waals surface area contributed by atoms with E-state index >= 15 is 0 Å². The van der Waals surface area contributed by atoms with Crippen LogP contribution in [0.25, 0.3) is 10.9 Å².